The summed E-state index contributed by atoms with van der Waals surface area (Å²) in [6.07, 6.45) is 0.495. The zero-order valence-corrected chi connectivity index (χ0v) is 20.5. The maximum atomic E-state index is 13.7. The Bertz CT molecular complexity index is 1340. The molecule has 0 radical (unpaired) electrons. The predicted octanol–water partition coefficient (Wildman–Crippen LogP) is 2.16. The summed E-state index contributed by atoms with van der Waals surface area (Å²) in [5.74, 6) is 0.871. The number of hydrogen-bond donors (Lipinski definition) is 0. The van der Waals surface area contributed by atoms with E-state index in [9.17, 15) is 13.2 Å². The number of methoxy groups -OCH3 is 1. The van der Waals surface area contributed by atoms with Gasteiger partial charge in [-0.3, -0.25) is 4.79 Å². The van der Waals surface area contributed by atoms with Crippen LogP contribution in [0.3, 0.4) is 0 Å². The lowest BCUT2D eigenvalue weighted by Crippen LogP contribution is -2.47. The van der Waals surface area contributed by atoms with Crippen molar-refractivity contribution in [1.29, 1.82) is 0 Å². The van der Waals surface area contributed by atoms with Gasteiger partial charge in [0, 0.05) is 31.7 Å². The van der Waals surface area contributed by atoms with Crippen molar-refractivity contribution in [3.8, 4) is 17.0 Å². The minimum atomic E-state index is -3.10. The van der Waals surface area contributed by atoms with Gasteiger partial charge in [0.2, 0.25) is 0 Å². The minimum Gasteiger partial charge on any atom is -0.497 e. The van der Waals surface area contributed by atoms with E-state index in [4.69, 9.17) is 14.8 Å². The van der Waals surface area contributed by atoms with E-state index in [0.717, 1.165) is 24.4 Å². The van der Waals surface area contributed by atoms with Crippen molar-refractivity contribution >= 4 is 26.8 Å². The summed E-state index contributed by atoms with van der Waals surface area (Å²) in [6.45, 7) is 4.82. The molecule has 2 fully saturated rings. The van der Waals surface area contributed by atoms with E-state index in [2.05, 4.69) is 11.9 Å². The molecule has 180 valence electrons. The van der Waals surface area contributed by atoms with Crippen molar-refractivity contribution in [1.82, 2.24) is 24.6 Å². The molecule has 10 heteroatoms. The van der Waals surface area contributed by atoms with Gasteiger partial charge in [0.05, 0.1) is 47.0 Å². The molecule has 2 aromatic heterocycles. The Morgan fingerprint density at radius 2 is 1.82 bits per heavy atom. The third-order valence-corrected chi connectivity index (χ3v) is 8.55. The zero-order chi connectivity index (χ0) is 24.0. The molecule has 3 aromatic rings. The molecule has 9 nitrogen and oxygen atoms in total. The van der Waals surface area contributed by atoms with Crippen LogP contribution < -0.4 is 4.74 Å². The normalized spacial score (nSPS) is 20.7. The van der Waals surface area contributed by atoms with E-state index in [1.54, 1.807) is 11.8 Å². The first-order valence-electron chi connectivity index (χ1n) is 11.5. The van der Waals surface area contributed by atoms with Crippen LogP contribution in [0.1, 0.15) is 28.5 Å². The third kappa shape index (κ3) is 4.16. The van der Waals surface area contributed by atoms with Crippen molar-refractivity contribution in [2.45, 2.75) is 19.4 Å². The van der Waals surface area contributed by atoms with E-state index in [1.165, 1.54) is 0 Å². The number of piperazine rings is 1. The first-order chi connectivity index (χ1) is 16.3. The van der Waals surface area contributed by atoms with Crippen molar-refractivity contribution in [3.63, 3.8) is 0 Å². The molecule has 1 unspecified atom stereocenters. The van der Waals surface area contributed by atoms with Crippen LogP contribution >= 0.6 is 0 Å². The number of benzene rings is 1. The van der Waals surface area contributed by atoms with Crippen molar-refractivity contribution in [2.24, 2.45) is 0 Å². The number of amides is 1. The lowest BCUT2D eigenvalue weighted by Gasteiger charge is -2.32. The SMILES string of the molecule is COc1ccc(-c2cc(C(=O)N3CCN(C)CC3)c3c(C)nn(C4CCS(=O)(=O)C4)c3n2)cc1. The predicted molar refractivity (Wildman–Crippen MR) is 130 cm³/mol. The van der Waals surface area contributed by atoms with Crippen LogP contribution in [0.15, 0.2) is 30.3 Å². The average molecular weight is 484 g/mol. The smallest absolute Gasteiger partial charge is 0.254 e. The summed E-state index contributed by atoms with van der Waals surface area (Å²) >= 11 is 0. The molecule has 0 spiro atoms. The van der Waals surface area contributed by atoms with Crippen LogP contribution in [0.2, 0.25) is 0 Å². The van der Waals surface area contributed by atoms with Crippen LogP contribution in [0, 0.1) is 6.92 Å². The molecular weight excluding hydrogens is 454 g/mol. The maximum absolute atomic E-state index is 13.7. The molecule has 0 aliphatic carbocycles. The van der Waals surface area contributed by atoms with E-state index < -0.39 is 9.84 Å². The van der Waals surface area contributed by atoms with Gasteiger partial charge in [-0.1, -0.05) is 0 Å². The summed E-state index contributed by atoms with van der Waals surface area (Å²) < 4.78 is 31.4. The Balaban J connectivity index is 1.66. The average Bonchev–Trinajstić information content (AvgIpc) is 3.37. The first kappa shape index (κ1) is 22.8. The second-order valence-corrected chi connectivity index (χ2v) is 11.4. The quantitative estimate of drug-likeness (QED) is 0.561. The van der Waals surface area contributed by atoms with Gasteiger partial charge in [-0.05, 0) is 50.7 Å². The standard InChI is InChI=1S/C24H29N5O4S/c1-16-22-20(24(30)28-11-9-27(2)10-12-28)14-21(17-4-6-19(33-3)7-5-17)25-23(22)29(26-16)18-8-13-34(31,32)15-18/h4-7,14,18H,8-13,15H2,1-3H3. The number of rotatable bonds is 4. The molecule has 34 heavy (non-hydrogen) atoms. The van der Waals surface area contributed by atoms with Gasteiger partial charge in [-0.25, -0.2) is 18.1 Å². The number of sulfone groups is 1. The van der Waals surface area contributed by atoms with Gasteiger partial charge in [0.1, 0.15) is 5.75 Å². The van der Waals surface area contributed by atoms with E-state index in [1.807, 2.05) is 42.2 Å². The Morgan fingerprint density at radius 1 is 1.12 bits per heavy atom. The third-order valence-electron chi connectivity index (χ3n) is 6.80. The monoisotopic (exact) mass is 483 g/mol. The van der Waals surface area contributed by atoms with Gasteiger partial charge in [-0.2, -0.15) is 5.10 Å². The summed E-state index contributed by atoms with van der Waals surface area (Å²) in [4.78, 5) is 22.7. The second kappa shape index (κ2) is 8.66. The Labute approximate surface area is 199 Å². The molecule has 1 aromatic carbocycles. The lowest BCUT2D eigenvalue weighted by atomic mass is 10.0. The van der Waals surface area contributed by atoms with Crippen molar-refractivity contribution in [3.05, 3.63) is 41.6 Å². The summed E-state index contributed by atoms with van der Waals surface area (Å²) in [5, 5.41) is 5.39. The fourth-order valence-corrected chi connectivity index (χ4v) is 6.49. The van der Waals surface area contributed by atoms with Crippen molar-refractivity contribution < 1.29 is 17.9 Å². The number of hydrogen-bond acceptors (Lipinski definition) is 7. The second-order valence-electron chi connectivity index (χ2n) is 9.16. The van der Waals surface area contributed by atoms with E-state index in [0.29, 0.717) is 47.5 Å². The van der Waals surface area contributed by atoms with Crippen molar-refractivity contribution in [2.75, 3.05) is 51.8 Å². The van der Waals surface area contributed by atoms with Crippen LogP contribution in [0.4, 0.5) is 0 Å². The number of pyridine rings is 1. The molecule has 0 bridgehead atoms. The number of carbonyl (C=O) groups excluding carboxylic acids is 1. The zero-order valence-electron chi connectivity index (χ0n) is 19.7. The minimum absolute atomic E-state index is 0.0411. The highest BCUT2D eigenvalue weighted by atomic mass is 32.2. The van der Waals surface area contributed by atoms with Gasteiger partial charge in [0.25, 0.3) is 5.91 Å². The van der Waals surface area contributed by atoms with E-state index in [-0.39, 0.29) is 23.5 Å². The fraction of sp³-hybridized carbons (Fsp3) is 0.458. The van der Waals surface area contributed by atoms with Crippen LogP contribution in [-0.2, 0) is 9.84 Å². The lowest BCUT2D eigenvalue weighted by molar-refractivity contribution is 0.0666. The van der Waals surface area contributed by atoms with Gasteiger partial charge >= 0.3 is 0 Å². The largest absolute Gasteiger partial charge is 0.497 e. The molecule has 2 aliphatic heterocycles. The Kier molecular flexibility index (Phi) is 5.81. The molecular formula is C24H29N5O4S. The number of carbonyl (C=O) groups is 1. The highest BCUT2D eigenvalue weighted by molar-refractivity contribution is 7.91. The molecule has 1 atom stereocenters. The van der Waals surface area contributed by atoms with E-state index >= 15 is 0 Å². The van der Waals surface area contributed by atoms with Crippen LogP contribution in [0.5, 0.6) is 5.75 Å². The number of ether oxygens (including phenoxy) is 1. The molecule has 1 amide bonds. The van der Waals surface area contributed by atoms with Crippen LogP contribution in [0.25, 0.3) is 22.3 Å². The Morgan fingerprint density at radius 3 is 2.44 bits per heavy atom. The highest BCUT2D eigenvalue weighted by Crippen LogP contribution is 2.33. The number of aryl methyl sites for hydroxylation is 1. The number of nitrogens with zero attached hydrogens (tertiary/aromatic N) is 5. The summed E-state index contributed by atoms with van der Waals surface area (Å²) in [7, 11) is 0.564. The summed E-state index contributed by atoms with van der Waals surface area (Å²) in [6, 6.07) is 9.08. The number of aromatic nitrogens is 3. The Hall–Kier alpha value is -2.98. The molecule has 0 saturated carbocycles. The molecule has 5 rings (SSSR count). The molecule has 4 heterocycles. The molecule has 2 aliphatic rings. The topological polar surface area (TPSA) is 97.6 Å². The molecule has 0 N–H and O–H groups in total. The van der Waals surface area contributed by atoms with Gasteiger partial charge in [0.15, 0.2) is 15.5 Å². The first-order valence-corrected chi connectivity index (χ1v) is 13.3. The van der Waals surface area contributed by atoms with Crippen LogP contribution in [-0.4, -0.2) is 90.7 Å². The highest BCUT2D eigenvalue weighted by Gasteiger charge is 2.33. The maximum Gasteiger partial charge on any atom is 0.254 e. The number of fused-ring (bicyclic) bond motifs is 1. The van der Waals surface area contributed by atoms with Gasteiger partial charge in [-0.15, -0.1) is 0 Å². The summed E-state index contributed by atoms with van der Waals surface area (Å²) in [5.41, 5.74) is 3.30. The number of likely N-dealkylation sites (N-methyl/N-ethyl adjacent to an activating group) is 1. The molecule has 2 saturated heterocycles. The van der Waals surface area contributed by atoms with Gasteiger partial charge < -0.3 is 14.5 Å². The fourth-order valence-electron chi connectivity index (χ4n) is 4.79.